The van der Waals surface area contributed by atoms with E-state index in [9.17, 15) is 0 Å². The summed E-state index contributed by atoms with van der Waals surface area (Å²) in [5.41, 5.74) is 3.35. The number of hydrogen-bond acceptors (Lipinski definition) is 1. The van der Waals surface area contributed by atoms with Crippen LogP contribution in [-0.2, 0) is 0 Å². The molecule has 3 heteroatoms. The Balaban J connectivity index is 0.000000122. The smallest absolute Gasteiger partial charge is 0.0931 e. The quantitative estimate of drug-likeness (QED) is 0.418. The van der Waals surface area contributed by atoms with Crippen LogP contribution in [0.15, 0.2) is 79.3 Å². The van der Waals surface area contributed by atoms with E-state index >= 15 is 0 Å². The molecule has 0 atom stereocenters. The van der Waals surface area contributed by atoms with E-state index in [0.717, 1.165) is 11.0 Å². The summed E-state index contributed by atoms with van der Waals surface area (Å²) in [7, 11) is 0. The second kappa shape index (κ2) is 5.37. The summed E-state index contributed by atoms with van der Waals surface area (Å²) in [6.45, 7) is 0. The molecule has 0 amide bonds. The van der Waals surface area contributed by atoms with Crippen molar-refractivity contribution in [1.82, 2.24) is 15.0 Å². The molecule has 5 aromatic rings. The van der Waals surface area contributed by atoms with Gasteiger partial charge in [-0.15, -0.1) is 0 Å². The number of hydrogen-bond donors (Lipinski definition) is 2. The van der Waals surface area contributed by atoms with Crippen molar-refractivity contribution in [3.63, 3.8) is 0 Å². The fourth-order valence-corrected chi connectivity index (χ4v) is 2.68. The van der Waals surface area contributed by atoms with E-state index in [0.29, 0.717) is 0 Å². The van der Waals surface area contributed by atoms with Gasteiger partial charge in [0.25, 0.3) is 0 Å². The molecule has 106 valence electrons. The fraction of sp³-hybridized carbons (Fsp3) is 0. The highest BCUT2D eigenvalue weighted by Crippen LogP contribution is 2.23. The van der Waals surface area contributed by atoms with Gasteiger partial charge in [0.1, 0.15) is 0 Å². The zero-order chi connectivity index (χ0) is 14.8. The molecular weight excluding hydrogens is 270 g/mol. The monoisotopic (exact) mass is 285 g/mol. The van der Waals surface area contributed by atoms with Gasteiger partial charge in [-0.25, -0.2) is 4.98 Å². The van der Waals surface area contributed by atoms with Crippen LogP contribution >= 0.6 is 0 Å². The van der Waals surface area contributed by atoms with Gasteiger partial charge < -0.3 is 9.97 Å². The van der Waals surface area contributed by atoms with Crippen molar-refractivity contribution in [3.05, 3.63) is 79.3 Å². The number of rotatable bonds is 0. The first-order valence-electron chi connectivity index (χ1n) is 7.25. The standard InChI is InChI=1S/C12H9N.C7H6N2/c1-2-4-11-9(3-1)5-6-10-7-8-13-12(10)11;1-2-4-7-6(3-1)8-5-9-7/h1-8,13H;1-5H,(H,8,9). The van der Waals surface area contributed by atoms with E-state index in [1.54, 1.807) is 6.33 Å². The summed E-state index contributed by atoms with van der Waals surface area (Å²) in [5.74, 6) is 0. The van der Waals surface area contributed by atoms with Crippen molar-refractivity contribution < 1.29 is 0 Å². The van der Waals surface area contributed by atoms with E-state index in [-0.39, 0.29) is 0 Å². The van der Waals surface area contributed by atoms with Crippen LogP contribution in [0.3, 0.4) is 0 Å². The molecule has 0 aliphatic carbocycles. The van der Waals surface area contributed by atoms with Gasteiger partial charge in [-0.2, -0.15) is 0 Å². The molecule has 2 N–H and O–H groups in total. The molecular formula is C19H15N3. The van der Waals surface area contributed by atoms with Gasteiger partial charge in [0.15, 0.2) is 0 Å². The number of benzene rings is 3. The van der Waals surface area contributed by atoms with Crippen LogP contribution in [0.1, 0.15) is 0 Å². The maximum Gasteiger partial charge on any atom is 0.0931 e. The van der Waals surface area contributed by atoms with Gasteiger partial charge in [0, 0.05) is 17.0 Å². The van der Waals surface area contributed by atoms with Crippen LogP contribution in [-0.4, -0.2) is 15.0 Å². The van der Waals surface area contributed by atoms with Crippen molar-refractivity contribution in [2.24, 2.45) is 0 Å². The highest BCUT2D eigenvalue weighted by Gasteiger charge is 1.98. The Hall–Kier alpha value is -3.07. The molecule has 0 saturated heterocycles. The third-order valence-corrected chi connectivity index (χ3v) is 3.78. The Labute approximate surface area is 127 Å². The Morgan fingerprint density at radius 2 is 1.50 bits per heavy atom. The second-order valence-corrected chi connectivity index (χ2v) is 5.15. The average Bonchev–Trinajstić information content (AvgIpc) is 3.24. The van der Waals surface area contributed by atoms with Gasteiger partial charge in [0.05, 0.1) is 22.9 Å². The van der Waals surface area contributed by atoms with E-state index in [2.05, 4.69) is 57.4 Å². The summed E-state index contributed by atoms with van der Waals surface area (Å²) in [6, 6.07) is 22.8. The van der Waals surface area contributed by atoms with Gasteiger partial charge in [-0.1, -0.05) is 48.5 Å². The Bertz CT molecular complexity index is 1010. The summed E-state index contributed by atoms with van der Waals surface area (Å²) in [4.78, 5) is 10.3. The van der Waals surface area contributed by atoms with Crippen LogP contribution in [0.5, 0.6) is 0 Å². The van der Waals surface area contributed by atoms with Gasteiger partial charge in [-0.3, -0.25) is 0 Å². The van der Waals surface area contributed by atoms with Crippen LogP contribution in [0.25, 0.3) is 32.7 Å². The summed E-state index contributed by atoms with van der Waals surface area (Å²) in [6.07, 6.45) is 3.68. The van der Waals surface area contributed by atoms with Crippen LogP contribution in [0.4, 0.5) is 0 Å². The molecule has 0 aliphatic heterocycles. The molecule has 0 fully saturated rings. The topological polar surface area (TPSA) is 44.5 Å². The normalized spacial score (nSPS) is 10.7. The molecule has 22 heavy (non-hydrogen) atoms. The number of para-hydroxylation sites is 2. The van der Waals surface area contributed by atoms with Crippen molar-refractivity contribution in [2.75, 3.05) is 0 Å². The largest absolute Gasteiger partial charge is 0.361 e. The molecule has 3 nitrogen and oxygen atoms in total. The van der Waals surface area contributed by atoms with Gasteiger partial charge in [-0.05, 0) is 23.6 Å². The molecule has 0 aliphatic rings. The number of aromatic amines is 2. The van der Waals surface area contributed by atoms with Crippen molar-refractivity contribution >= 4 is 32.7 Å². The zero-order valence-electron chi connectivity index (χ0n) is 12.0. The van der Waals surface area contributed by atoms with Crippen molar-refractivity contribution in [3.8, 4) is 0 Å². The molecule has 3 aromatic carbocycles. The van der Waals surface area contributed by atoms with E-state index < -0.39 is 0 Å². The second-order valence-electron chi connectivity index (χ2n) is 5.15. The third kappa shape index (κ3) is 2.23. The lowest BCUT2D eigenvalue weighted by Crippen LogP contribution is -1.73. The van der Waals surface area contributed by atoms with Crippen molar-refractivity contribution in [1.29, 1.82) is 0 Å². The zero-order valence-corrected chi connectivity index (χ0v) is 12.0. The lowest BCUT2D eigenvalue weighted by Gasteiger charge is -1.97. The minimum Gasteiger partial charge on any atom is -0.361 e. The molecule has 0 saturated carbocycles. The van der Waals surface area contributed by atoms with E-state index in [4.69, 9.17) is 0 Å². The number of aromatic nitrogens is 3. The minimum atomic E-state index is 1.03. The summed E-state index contributed by atoms with van der Waals surface area (Å²) >= 11 is 0. The number of H-pyrrole nitrogens is 2. The average molecular weight is 285 g/mol. The van der Waals surface area contributed by atoms with Gasteiger partial charge in [0.2, 0.25) is 0 Å². The highest BCUT2D eigenvalue weighted by atomic mass is 14.9. The first kappa shape index (κ1) is 12.7. The van der Waals surface area contributed by atoms with E-state index in [1.807, 2.05) is 30.5 Å². The molecule has 2 heterocycles. The Morgan fingerprint density at radius 3 is 2.45 bits per heavy atom. The van der Waals surface area contributed by atoms with E-state index in [1.165, 1.54) is 21.7 Å². The third-order valence-electron chi connectivity index (χ3n) is 3.78. The lowest BCUT2D eigenvalue weighted by atomic mass is 10.1. The molecule has 2 aromatic heterocycles. The highest BCUT2D eigenvalue weighted by molar-refractivity contribution is 6.05. The van der Waals surface area contributed by atoms with Crippen LogP contribution < -0.4 is 0 Å². The number of fused-ring (bicyclic) bond motifs is 4. The fourth-order valence-electron chi connectivity index (χ4n) is 2.68. The maximum absolute atomic E-state index is 4.06. The molecule has 0 unspecified atom stereocenters. The van der Waals surface area contributed by atoms with Crippen LogP contribution in [0.2, 0.25) is 0 Å². The number of imidazole rings is 1. The molecule has 0 radical (unpaired) electrons. The maximum atomic E-state index is 4.06. The van der Waals surface area contributed by atoms with Crippen molar-refractivity contribution in [2.45, 2.75) is 0 Å². The lowest BCUT2D eigenvalue weighted by molar-refractivity contribution is 1.34. The first-order valence-corrected chi connectivity index (χ1v) is 7.25. The summed E-state index contributed by atoms with van der Waals surface area (Å²) < 4.78 is 0. The first-order chi connectivity index (χ1) is 10.9. The minimum absolute atomic E-state index is 1.03. The number of nitrogens with zero attached hydrogens (tertiary/aromatic N) is 1. The van der Waals surface area contributed by atoms with Crippen LogP contribution in [0, 0.1) is 0 Å². The molecule has 0 spiro atoms. The predicted octanol–water partition coefficient (Wildman–Crippen LogP) is 4.88. The SMILES string of the molecule is c1ccc2[nH]cnc2c1.c1ccc2c(c1)ccc1cc[nH]c12. The van der Waals surface area contributed by atoms with Gasteiger partial charge >= 0.3 is 0 Å². The molecule has 5 rings (SSSR count). The molecule has 0 bridgehead atoms. The number of nitrogens with one attached hydrogen (secondary N) is 2. The summed E-state index contributed by atoms with van der Waals surface area (Å²) in [5, 5.41) is 3.86. The Kier molecular flexibility index (Phi) is 3.09. The predicted molar refractivity (Wildman–Crippen MR) is 91.9 cm³/mol. The Morgan fingerprint density at radius 1 is 0.682 bits per heavy atom.